The molecule has 0 saturated carbocycles. The van der Waals surface area contributed by atoms with Gasteiger partial charge in [-0.3, -0.25) is 0 Å². The Morgan fingerprint density at radius 2 is 0.872 bits per heavy atom. The predicted molar refractivity (Wildman–Crippen MR) is 194 cm³/mol. The number of benzene rings is 7. The fourth-order valence-corrected chi connectivity index (χ4v) is 6.57. The van der Waals surface area contributed by atoms with Crippen LogP contribution in [0.15, 0.2) is 164 Å². The van der Waals surface area contributed by atoms with Gasteiger partial charge in [0.15, 0.2) is 5.69 Å². The van der Waals surface area contributed by atoms with Crippen molar-refractivity contribution < 1.29 is 0 Å². The highest BCUT2D eigenvalue weighted by Crippen LogP contribution is 2.38. The molecule has 3 heteroatoms. The first kappa shape index (κ1) is 27.8. The lowest BCUT2D eigenvalue weighted by Gasteiger charge is -2.14. The summed E-state index contributed by atoms with van der Waals surface area (Å²) in [5.74, 6) is 0. The van der Waals surface area contributed by atoms with Crippen LogP contribution >= 0.6 is 0 Å². The average molecular weight is 598 g/mol. The molecule has 0 aliphatic carbocycles. The minimum absolute atomic E-state index is 0.542. The van der Waals surface area contributed by atoms with Gasteiger partial charge in [0.1, 0.15) is 0 Å². The first-order valence-electron chi connectivity index (χ1n) is 15.5. The molecule has 8 aromatic rings. The first-order chi connectivity index (χ1) is 23.2. The van der Waals surface area contributed by atoms with E-state index in [1.165, 1.54) is 10.8 Å². The highest BCUT2D eigenvalue weighted by molar-refractivity contribution is 6.09. The molecule has 3 nitrogen and oxygen atoms in total. The number of nitriles is 1. The van der Waals surface area contributed by atoms with Crippen molar-refractivity contribution >= 4 is 27.5 Å². The number of para-hydroxylation sites is 2. The van der Waals surface area contributed by atoms with Crippen LogP contribution in [-0.2, 0) is 0 Å². The number of fused-ring (bicyclic) bond motifs is 3. The lowest BCUT2D eigenvalue weighted by atomic mass is 9.91. The Balaban J connectivity index is 1.33. The van der Waals surface area contributed by atoms with Crippen LogP contribution in [0.25, 0.3) is 76.8 Å². The third-order valence-corrected chi connectivity index (χ3v) is 8.75. The number of hydrogen-bond donors (Lipinski definition) is 0. The summed E-state index contributed by atoms with van der Waals surface area (Å²) in [7, 11) is 0. The summed E-state index contributed by atoms with van der Waals surface area (Å²) in [6.45, 7) is 7.98. The zero-order valence-corrected chi connectivity index (χ0v) is 25.4. The van der Waals surface area contributed by atoms with Crippen LogP contribution in [0.2, 0.25) is 0 Å². The molecule has 0 bridgehead atoms. The number of rotatable bonds is 5. The topological polar surface area (TPSA) is 33.1 Å². The maximum Gasteiger partial charge on any atom is 0.189 e. The van der Waals surface area contributed by atoms with Crippen molar-refractivity contribution in [2.45, 2.75) is 0 Å². The zero-order chi connectivity index (χ0) is 31.7. The van der Waals surface area contributed by atoms with E-state index in [4.69, 9.17) is 6.57 Å². The molecule has 0 unspecified atom stereocenters. The Morgan fingerprint density at radius 1 is 0.447 bits per heavy atom. The Labute approximate surface area is 273 Å². The van der Waals surface area contributed by atoms with Gasteiger partial charge in [-0.25, -0.2) is 4.85 Å². The average Bonchev–Trinajstić information content (AvgIpc) is 3.49. The van der Waals surface area contributed by atoms with Crippen molar-refractivity contribution in [1.29, 1.82) is 5.26 Å². The second kappa shape index (κ2) is 11.7. The van der Waals surface area contributed by atoms with Gasteiger partial charge >= 0.3 is 0 Å². The van der Waals surface area contributed by atoms with Gasteiger partial charge in [0.25, 0.3) is 0 Å². The zero-order valence-electron chi connectivity index (χ0n) is 25.4. The molecule has 0 radical (unpaired) electrons. The summed E-state index contributed by atoms with van der Waals surface area (Å²) in [4.78, 5) is 3.87. The summed E-state index contributed by atoms with van der Waals surface area (Å²) in [6, 6.07) is 58.5. The van der Waals surface area contributed by atoms with Crippen molar-refractivity contribution in [3.05, 3.63) is 181 Å². The fraction of sp³-hybridized carbons (Fsp3) is 0. The van der Waals surface area contributed by atoms with E-state index >= 15 is 0 Å². The number of aromatic nitrogens is 1. The van der Waals surface area contributed by atoms with Gasteiger partial charge in [0.2, 0.25) is 0 Å². The lowest BCUT2D eigenvalue weighted by molar-refractivity contribution is 1.18. The van der Waals surface area contributed by atoms with Crippen LogP contribution in [0.5, 0.6) is 0 Å². The van der Waals surface area contributed by atoms with Gasteiger partial charge in [-0.1, -0.05) is 97.1 Å². The van der Waals surface area contributed by atoms with E-state index in [2.05, 4.69) is 131 Å². The molecule has 218 valence electrons. The molecular weight excluding hydrogens is 571 g/mol. The van der Waals surface area contributed by atoms with Crippen molar-refractivity contribution in [2.75, 3.05) is 0 Å². The lowest BCUT2D eigenvalue weighted by Crippen LogP contribution is -1.95. The molecule has 8 rings (SSSR count). The second-order valence-electron chi connectivity index (χ2n) is 11.7. The van der Waals surface area contributed by atoms with Crippen LogP contribution in [0, 0.1) is 17.9 Å². The molecule has 47 heavy (non-hydrogen) atoms. The maximum atomic E-state index is 10.2. The molecule has 1 heterocycles. The highest BCUT2D eigenvalue weighted by atomic mass is 15.0. The molecule has 7 aromatic carbocycles. The van der Waals surface area contributed by atoms with Gasteiger partial charge in [0, 0.05) is 16.5 Å². The third-order valence-electron chi connectivity index (χ3n) is 8.75. The number of hydrogen-bond acceptors (Lipinski definition) is 1. The summed E-state index contributed by atoms with van der Waals surface area (Å²) in [5, 5.41) is 12.5. The molecule has 0 aliphatic heterocycles. The minimum Gasteiger partial charge on any atom is -0.310 e. The first-order valence-corrected chi connectivity index (χ1v) is 15.5. The van der Waals surface area contributed by atoms with E-state index in [-0.39, 0.29) is 0 Å². The normalized spacial score (nSPS) is 10.9. The van der Waals surface area contributed by atoms with E-state index in [0.29, 0.717) is 11.3 Å². The highest BCUT2D eigenvalue weighted by Gasteiger charge is 2.15. The second-order valence-corrected chi connectivity index (χ2v) is 11.7. The molecule has 1 aromatic heterocycles. The molecule has 0 aliphatic rings. The standard InChI is InChI=1S/C44H27N3/c1-46-39-26-38(27-40(28-39)47-43-18-10-8-16-41(43)42-17-9-11-19-44(42)47)34-21-30(29-45)20-33(22-34)37-24-35(31-12-4-2-5-13-31)23-36(25-37)32-14-6-3-7-15-32/h2-28H. The van der Waals surface area contributed by atoms with Crippen molar-refractivity contribution in [3.63, 3.8) is 0 Å². The molecule has 0 N–H and O–H groups in total. The van der Waals surface area contributed by atoms with Crippen molar-refractivity contribution in [1.82, 2.24) is 4.57 Å². The van der Waals surface area contributed by atoms with Crippen molar-refractivity contribution in [3.8, 4) is 56.3 Å². The van der Waals surface area contributed by atoms with Crippen LogP contribution < -0.4 is 0 Å². The Morgan fingerprint density at radius 3 is 1.36 bits per heavy atom. The Kier molecular flexibility index (Phi) is 6.92. The van der Waals surface area contributed by atoms with Gasteiger partial charge in [-0.2, -0.15) is 5.26 Å². The van der Waals surface area contributed by atoms with E-state index in [9.17, 15) is 5.26 Å². The van der Waals surface area contributed by atoms with Gasteiger partial charge in [0.05, 0.1) is 29.2 Å². The van der Waals surface area contributed by atoms with Gasteiger partial charge < -0.3 is 4.57 Å². The molecule has 0 atom stereocenters. The van der Waals surface area contributed by atoms with E-state index in [1.807, 2.05) is 48.5 Å². The summed E-state index contributed by atoms with van der Waals surface area (Å²) in [5.41, 5.74) is 12.4. The summed E-state index contributed by atoms with van der Waals surface area (Å²) < 4.78 is 2.23. The molecule has 0 fully saturated rings. The molecular formula is C44H27N3. The quantitative estimate of drug-likeness (QED) is 0.182. The largest absolute Gasteiger partial charge is 0.310 e. The Bertz CT molecular complexity index is 2420. The van der Waals surface area contributed by atoms with Gasteiger partial charge in [-0.15, -0.1) is 0 Å². The molecule has 0 amide bonds. The minimum atomic E-state index is 0.542. The van der Waals surface area contributed by atoms with Crippen LogP contribution in [0.3, 0.4) is 0 Å². The van der Waals surface area contributed by atoms with Crippen LogP contribution in [0.1, 0.15) is 5.56 Å². The SMILES string of the molecule is [C-]#[N+]c1cc(-c2cc(C#N)cc(-c3cc(-c4ccccc4)cc(-c4ccccc4)c3)c2)cc(-n2c3ccccc3c3ccccc32)c1. The van der Waals surface area contributed by atoms with Crippen LogP contribution in [-0.4, -0.2) is 4.57 Å². The van der Waals surface area contributed by atoms with E-state index < -0.39 is 0 Å². The molecule has 0 spiro atoms. The fourth-order valence-electron chi connectivity index (χ4n) is 6.57. The van der Waals surface area contributed by atoms with E-state index in [1.54, 1.807) is 0 Å². The predicted octanol–water partition coefficient (Wildman–Crippen LogP) is 11.9. The summed E-state index contributed by atoms with van der Waals surface area (Å²) >= 11 is 0. The monoisotopic (exact) mass is 597 g/mol. The Hall–Kier alpha value is -6.68. The molecule has 0 saturated heterocycles. The third kappa shape index (κ3) is 5.13. The van der Waals surface area contributed by atoms with E-state index in [0.717, 1.165) is 61.2 Å². The summed E-state index contributed by atoms with van der Waals surface area (Å²) in [6.07, 6.45) is 0. The van der Waals surface area contributed by atoms with Crippen molar-refractivity contribution in [2.24, 2.45) is 0 Å². The number of nitrogens with zero attached hydrogens (tertiary/aromatic N) is 3. The smallest absolute Gasteiger partial charge is 0.189 e. The van der Waals surface area contributed by atoms with Crippen LogP contribution in [0.4, 0.5) is 5.69 Å². The van der Waals surface area contributed by atoms with Gasteiger partial charge in [-0.05, 0) is 111 Å². The maximum absolute atomic E-state index is 10.2.